The first-order valence-electron chi connectivity index (χ1n) is 5.22. The summed E-state index contributed by atoms with van der Waals surface area (Å²) in [5, 5.41) is 3.54. The molecule has 0 aromatic heterocycles. The first-order valence-corrected chi connectivity index (χ1v) is 5.22. The van der Waals surface area contributed by atoms with E-state index < -0.39 is 0 Å². The lowest BCUT2D eigenvalue weighted by Gasteiger charge is -2.29. The third kappa shape index (κ3) is 2.56. The Kier molecular flexibility index (Phi) is 3.17. The van der Waals surface area contributed by atoms with Crippen molar-refractivity contribution in [3.63, 3.8) is 0 Å². The molecule has 0 bridgehead atoms. The summed E-state index contributed by atoms with van der Waals surface area (Å²) in [5.74, 6) is 0. The van der Waals surface area contributed by atoms with Gasteiger partial charge in [-0.05, 0) is 18.9 Å². The zero-order valence-electron chi connectivity index (χ0n) is 8.57. The summed E-state index contributed by atoms with van der Waals surface area (Å²) in [6.07, 6.45) is 1.06. The van der Waals surface area contributed by atoms with Gasteiger partial charge in [0.1, 0.15) is 0 Å². The minimum Gasteiger partial charge on any atom is -0.378 e. The van der Waals surface area contributed by atoms with E-state index in [1.807, 2.05) is 0 Å². The minimum absolute atomic E-state index is 0.473. The molecule has 2 atom stereocenters. The van der Waals surface area contributed by atoms with Crippen molar-refractivity contribution in [3.05, 3.63) is 35.9 Å². The van der Waals surface area contributed by atoms with E-state index in [1.165, 1.54) is 5.56 Å². The third-order valence-corrected chi connectivity index (χ3v) is 2.53. The largest absolute Gasteiger partial charge is 0.378 e. The fourth-order valence-electron chi connectivity index (χ4n) is 1.90. The van der Waals surface area contributed by atoms with Crippen molar-refractivity contribution in [1.82, 2.24) is 5.32 Å². The van der Waals surface area contributed by atoms with Gasteiger partial charge in [-0.1, -0.05) is 30.3 Å². The van der Waals surface area contributed by atoms with Crippen molar-refractivity contribution in [2.24, 2.45) is 0 Å². The van der Waals surface area contributed by atoms with Crippen LogP contribution in [0.15, 0.2) is 30.3 Å². The summed E-state index contributed by atoms with van der Waals surface area (Å²) < 4.78 is 5.50. The Labute approximate surface area is 85.3 Å². The van der Waals surface area contributed by atoms with Gasteiger partial charge in [0.25, 0.3) is 0 Å². The molecule has 2 heteroatoms. The first kappa shape index (κ1) is 9.69. The standard InChI is InChI=1S/C12H17NO/c1-10-8-14-9-12(13-10)7-11-5-3-2-4-6-11/h2-6,10,12-13H,7-9H2,1H3. The molecule has 1 heterocycles. The van der Waals surface area contributed by atoms with Gasteiger partial charge in [-0.25, -0.2) is 0 Å². The Morgan fingerprint density at radius 1 is 1.29 bits per heavy atom. The number of benzene rings is 1. The lowest BCUT2D eigenvalue weighted by Crippen LogP contribution is -2.48. The summed E-state index contributed by atoms with van der Waals surface area (Å²) in [7, 11) is 0. The lowest BCUT2D eigenvalue weighted by atomic mass is 10.0. The predicted molar refractivity (Wildman–Crippen MR) is 57.4 cm³/mol. The molecule has 1 aromatic carbocycles. The van der Waals surface area contributed by atoms with Gasteiger partial charge in [0.15, 0.2) is 0 Å². The lowest BCUT2D eigenvalue weighted by molar-refractivity contribution is 0.0508. The summed E-state index contributed by atoms with van der Waals surface area (Å²) in [4.78, 5) is 0. The van der Waals surface area contributed by atoms with E-state index in [0.717, 1.165) is 19.6 Å². The average Bonchev–Trinajstić information content (AvgIpc) is 2.19. The second-order valence-electron chi connectivity index (χ2n) is 3.99. The molecular formula is C12H17NO. The molecule has 1 aliphatic heterocycles. The van der Waals surface area contributed by atoms with Crippen LogP contribution in [0, 0.1) is 0 Å². The van der Waals surface area contributed by atoms with Crippen molar-refractivity contribution in [1.29, 1.82) is 0 Å². The van der Waals surface area contributed by atoms with Crippen LogP contribution < -0.4 is 5.32 Å². The Morgan fingerprint density at radius 3 is 2.79 bits per heavy atom. The van der Waals surface area contributed by atoms with Crippen LogP contribution in [0.25, 0.3) is 0 Å². The maximum absolute atomic E-state index is 5.50. The molecule has 1 fully saturated rings. The van der Waals surface area contributed by atoms with Gasteiger partial charge in [-0.2, -0.15) is 0 Å². The van der Waals surface area contributed by atoms with Crippen molar-refractivity contribution >= 4 is 0 Å². The van der Waals surface area contributed by atoms with Gasteiger partial charge in [0.2, 0.25) is 0 Å². The van der Waals surface area contributed by atoms with E-state index in [9.17, 15) is 0 Å². The molecule has 76 valence electrons. The van der Waals surface area contributed by atoms with Crippen LogP contribution in [-0.4, -0.2) is 25.3 Å². The molecule has 1 saturated heterocycles. The minimum atomic E-state index is 0.473. The summed E-state index contributed by atoms with van der Waals surface area (Å²) in [6, 6.07) is 11.5. The molecular weight excluding hydrogens is 174 g/mol. The monoisotopic (exact) mass is 191 g/mol. The number of nitrogens with one attached hydrogen (secondary N) is 1. The predicted octanol–water partition coefficient (Wildman–Crippen LogP) is 1.61. The summed E-state index contributed by atoms with van der Waals surface area (Å²) in [6.45, 7) is 3.83. The van der Waals surface area contributed by atoms with Crippen LogP contribution in [-0.2, 0) is 11.2 Å². The highest BCUT2D eigenvalue weighted by Crippen LogP contribution is 2.07. The van der Waals surface area contributed by atoms with Gasteiger partial charge in [0.05, 0.1) is 13.2 Å². The van der Waals surface area contributed by atoms with E-state index in [4.69, 9.17) is 4.74 Å². The second kappa shape index (κ2) is 4.58. The number of rotatable bonds is 2. The van der Waals surface area contributed by atoms with Crippen LogP contribution in [0.3, 0.4) is 0 Å². The van der Waals surface area contributed by atoms with E-state index >= 15 is 0 Å². The van der Waals surface area contributed by atoms with E-state index in [0.29, 0.717) is 12.1 Å². The fourth-order valence-corrected chi connectivity index (χ4v) is 1.90. The SMILES string of the molecule is CC1COCC(Cc2ccccc2)N1. The van der Waals surface area contributed by atoms with Gasteiger partial charge < -0.3 is 10.1 Å². The summed E-state index contributed by atoms with van der Waals surface area (Å²) >= 11 is 0. The topological polar surface area (TPSA) is 21.3 Å². The van der Waals surface area contributed by atoms with Crippen molar-refractivity contribution < 1.29 is 4.74 Å². The second-order valence-corrected chi connectivity index (χ2v) is 3.99. The molecule has 1 N–H and O–H groups in total. The van der Waals surface area contributed by atoms with Crippen LogP contribution in [0.4, 0.5) is 0 Å². The van der Waals surface area contributed by atoms with E-state index in [2.05, 4.69) is 42.6 Å². The number of hydrogen-bond donors (Lipinski definition) is 1. The van der Waals surface area contributed by atoms with Crippen LogP contribution in [0.2, 0.25) is 0 Å². The molecule has 0 amide bonds. The van der Waals surface area contributed by atoms with Gasteiger partial charge in [-0.3, -0.25) is 0 Å². The Hall–Kier alpha value is -0.860. The average molecular weight is 191 g/mol. The highest BCUT2D eigenvalue weighted by Gasteiger charge is 2.17. The maximum Gasteiger partial charge on any atom is 0.0623 e. The Balaban J connectivity index is 1.91. The molecule has 0 radical (unpaired) electrons. The zero-order chi connectivity index (χ0) is 9.80. The van der Waals surface area contributed by atoms with Crippen LogP contribution in [0.1, 0.15) is 12.5 Å². The summed E-state index contributed by atoms with van der Waals surface area (Å²) in [5.41, 5.74) is 1.38. The molecule has 0 saturated carbocycles. The Morgan fingerprint density at radius 2 is 2.07 bits per heavy atom. The molecule has 2 nitrogen and oxygen atoms in total. The molecule has 2 rings (SSSR count). The molecule has 0 aliphatic carbocycles. The van der Waals surface area contributed by atoms with Crippen molar-refractivity contribution in [2.45, 2.75) is 25.4 Å². The molecule has 1 aliphatic rings. The smallest absolute Gasteiger partial charge is 0.0623 e. The Bertz CT molecular complexity index is 273. The van der Waals surface area contributed by atoms with Crippen LogP contribution in [0.5, 0.6) is 0 Å². The number of ether oxygens (including phenoxy) is 1. The van der Waals surface area contributed by atoms with Gasteiger partial charge in [0, 0.05) is 12.1 Å². The fraction of sp³-hybridized carbons (Fsp3) is 0.500. The molecule has 2 unspecified atom stereocenters. The van der Waals surface area contributed by atoms with Crippen LogP contribution >= 0.6 is 0 Å². The highest BCUT2D eigenvalue weighted by molar-refractivity contribution is 5.16. The molecule has 1 aromatic rings. The quantitative estimate of drug-likeness (QED) is 0.766. The third-order valence-electron chi connectivity index (χ3n) is 2.53. The zero-order valence-corrected chi connectivity index (χ0v) is 8.57. The van der Waals surface area contributed by atoms with Crippen molar-refractivity contribution in [3.8, 4) is 0 Å². The molecule has 0 spiro atoms. The van der Waals surface area contributed by atoms with Gasteiger partial charge in [-0.15, -0.1) is 0 Å². The highest BCUT2D eigenvalue weighted by atomic mass is 16.5. The number of morpholine rings is 1. The maximum atomic E-state index is 5.50. The van der Waals surface area contributed by atoms with E-state index in [1.54, 1.807) is 0 Å². The first-order chi connectivity index (χ1) is 6.84. The normalized spacial score (nSPS) is 27.5. The van der Waals surface area contributed by atoms with E-state index in [-0.39, 0.29) is 0 Å². The number of hydrogen-bond acceptors (Lipinski definition) is 2. The van der Waals surface area contributed by atoms with Crippen molar-refractivity contribution in [2.75, 3.05) is 13.2 Å². The van der Waals surface area contributed by atoms with Gasteiger partial charge >= 0.3 is 0 Å². The molecule has 14 heavy (non-hydrogen) atoms.